The van der Waals surface area contributed by atoms with E-state index in [0.717, 1.165) is 33.7 Å². The molecule has 148 valence electrons. The summed E-state index contributed by atoms with van der Waals surface area (Å²) in [4.78, 5) is 4.82. The summed E-state index contributed by atoms with van der Waals surface area (Å²) in [5, 5.41) is 4.99. The molecule has 6 heteroatoms. The molecule has 0 N–H and O–H groups in total. The summed E-state index contributed by atoms with van der Waals surface area (Å²) < 4.78 is 13.3. The molecule has 0 bridgehead atoms. The molecule has 0 atom stereocenters. The first-order chi connectivity index (χ1) is 14.7. The van der Waals surface area contributed by atoms with E-state index in [9.17, 15) is 0 Å². The van der Waals surface area contributed by atoms with Gasteiger partial charge in [-0.25, -0.2) is 4.98 Å². The van der Waals surface area contributed by atoms with Gasteiger partial charge < -0.3 is 13.8 Å². The molecule has 5 aromatic rings. The summed E-state index contributed by atoms with van der Waals surface area (Å²) in [7, 11) is 1.64. The van der Waals surface area contributed by atoms with Gasteiger partial charge in [0.25, 0.3) is 0 Å². The van der Waals surface area contributed by atoms with Crippen LogP contribution in [0, 0.1) is 0 Å². The Hall–Kier alpha value is -3.57. The van der Waals surface area contributed by atoms with E-state index in [2.05, 4.69) is 15.8 Å². The third-order valence-electron chi connectivity index (χ3n) is 5.02. The van der Waals surface area contributed by atoms with Crippen molar-refractivity contribution in [2.75, 3.05) is 7.11 Å². The molecule has 0 fully saturated rings. The van der Waals surface area contributed by atoms with Crippen LogP contribution in [0.4, 0.5) is 0 Å². The SMILES string of the molecule is COc1ccccc1-c1cc(-c2nc3ccccc3n2Cc2ccc(Cl)cc2)on1. The van der Waals surface area contributed by atoms with Crippen LogP contribution in [-0.4, -0.2) is 21.8 Å². The lowest BCUT2D eigenvalue weighted by Gasteiger charge is -2.08. The molecule has 5 rings (SSSR count). The fraction of sp³-hybridized carbons (Fsp3) is 0.0833. The maximum Gasteiger partial charge on any atom is 0.203 e. The van der Waals surface area contributed by atoms with Gasteiger partial charge >= 0.3 is 0 Å². The van der Waals surface area contributed by atoms with Crippen molar-refractivity contribution in [2.24, 2.45) is 0 Å². The van der Waals surface area contributed by atoms with Crippen LogP contribution in [0.1, 0.15) is 5.56 Å². The van der Waals surface area contributed by atoms with Crippen molar-refractivity contribution in [3.63, 3.8) is 0 Å². The minimum atomic E-state index is 0.598. The molecule has 2 aromatic heterocycles. The first-order valence-corrected chi connectivity index (χ1v) is 9.91. The monoisotopic (exact) mass is 415 g/mol. The Labute approximate surface area is 178 Å². The molecular weight excluding hydrogens is 398 g/mol. The number of halogens is 1. The number of methoxy groups -OCH3 is 1. The number of hydrogen-bond donors (Lipinski definition) is 0. The largest absolute Gasteiger partial charge is 0.496 e. The number of nitrogens with zero attached hydrogens (tertiary/aromatic N) is 3. The van der Waals surface area contributed by atoms with Gasteiger partial charge in [0.2, 0.25) is 5.76 Å². The number of rotatable bonds is 5. The lowest BCUT2D eigenvalue weighted by atomic mass is 10.1. The molecule has 0 unspecified atom stereocenters. The molecule has 5 nitrogen and oxygen atoms in total. The molecule has 3 aromatic carbocycles. The zero-order valence-electron chi connectivity index (χ0n) is 16.2. The number of fused-ring (bicyclic) bond motifs is 1. The average molecular weight is 416 g/mol. The fourth-order valence-electron chi connectivity index (χ4n) is 3.56. The van der Waals surface area contributed by atoms with Gasteiger partial charge in [-0.3, -0.25) is 0 Å². The van der Waals surface area contributed by atoms with E-state index in [1.807, 2.05) is 72.8 Å². The van der Waals surface area contributed by atoms with Crippen LogP contribution in [-0.2, 0) is 6.54 Å². The maximum absolute atomic E-state index is 6.05. The van der Waals surface area contributed by atoms with E-state index >= 15 is 0 Å². The second-order valence-corrected chi connectivity index (χ2v) is 7.35. The summed E-state index contributed by atoms with van der Waals surface area (Å²) in [6.07, 6.45) is 0. The van der Waals surface area contributed by atoms with E-state index in [1.54, 1.807) is 7.11 Å². The third kappa shape index (κ3) is 3.33. The Bertz CT molecular complexity index is 1320. The molecule has 0 aliphatic rings. The van der Waals surface area contributed by atoms with Gasteiger partial charge in [0, 0.05) is 23.2 Å². The molecule has 0 aliphatic heterocycles. The highest BCUT2D eigenvalue weighted by Crippen LogP contribution is 2.33. The van der Waals surface area contributed by atoms with Gasteiger partial charge in [-0.05, 0) is 42.0 Å². The number of aromatic nitrogens is 3. The lowest BCUT2D eigenvalue weighted by Crippen LogP contribution is -2.01. The van der Waals surface area contributed by atoms with E-state index in [1.165, 1.54) is 0 Å². The van der Waals surface area contributed by atoms with Crippen LogP contribution in [0.25, 0.3) is 33.9 Å². The second kappa shape index (κ2) is 7.69. The molecule has 0 aliphatic carbocycles. The lowest BCUT2D eigenvalue weighted by molar-refractivity contribution is 0.413. The first kappa shape index (κ1) is 18.5. The smallest absolute Gasteiger partial charge is 0.203 e. The van der Waals surface area contributed by atoms with E-state index in [4.69, 9.17) is 25.8 Å². The highest BCUT2D eigenvalue weighted by Gasteiger charge is 2.19. The van der Waals surface area contributed by atoms with Crippen LogP contribution in [0.3, 0.4) is 0 Å². The summed E-state index contributed by atoms with van der Waals surface area (Å²) in [5.41, 5.74) is 4.62. The molecular formula is C24H18ClN3O2. The Morgan fingerprint density at radius 1 is 0.967 bits per heavy atom. The molecule has 0 saturated heterocycles. The van der Waals surface area contributed by atoms with Crippen molar-refractivity contribution in [1.29, 1.82) is 0 Å². The topological polar surface area (TPSA) is 53.1 Å². The Kier molecular flexibility index (Phi) is 4.73. The van der Waals surface area contributed by atoms with Crippen molar-refractivity contribution in [3.8, 4) is 28.6 Å². The molecule has 2 heterocycles. The molecule has 30 heavy (non-hydrogen) atoms. The van der Waals surface area contributed by atoms with Gasteiger partial charge in [-0.2, -0.15) is 0 Å². The van der Waals surface area contributed by atoms with Crippen LogP contribution in [0.5, 0.6) is 5.75 Å². The Balaban J connectivity index is 1.61. The highest BCUT2D eigenvalue weighted by molar-refractivity contribution is 6.30. The fourth-order valence-corrected chi connectivity index (χ4v) is 3.69. The normalized spacial score (nSPS) is 11.1. The number of imidazole rings is 1. The van der Waals surface area contributed by atoms with Gasteiger partial charge in [0.15, 0.2) is 5.82 Å². The van der Waals surface area contributed by atoms with Crippen molar-refractivity contribution >= 4 is 22.6 Å². The second-order valence-electron chi connectivity index (χ2n) is 6.91. The van der Waals surface area contributed by atoms with E-state index in [-0.39, 0.29) is 0 Å². The van der Waals surface area contributed by atoms with Crippen LogP contribution in [0.2, 0.25) is 5.02 Å². The van der Waals surface area contributed by atoms with Crippen molar-refractivity contribution in [3.05, 3.63) is 89.4 Å². The van der Waals surface area contributed by atoms with Gasteiger partial charge in [0.05, 0.1) is 18.1 Å². The quantitative estimate of drug-likeness (QED) is 0.349. The van der Waals surface area contributed by atoms with Gasteiger partial charge in [-0.1, -0.05) is 53.2 Å². The van der Waals surface area contributed by atoms with Crippen molar-refractivity contribution in [2.45, 2.75) is 6.54 Å². The van der Waals surface area contributed by atoms with Crippen molar-refractivity contribution in [1.82, 2.24) is 14.7 Å². The Morgan fingerprint density at radius 2 is 1.73 bits per heavy atom. The number of hydrogen-bond acceptors (Lipinski definition) is 4. The summed E-state index contributed by atoms with van der Waals surface area (Å²) >= 11 is 6.05. The first-order valence-electron chi connectivity index (χ1n) is 9.53. The number of ether oxygens (including phenoxy) is 1. The third-order valence-corrected chi connectivity index (χ3v) is 5.27. The minimum absolute atomic E-state index is 0.598. The predicted octanol–water partition coefficient (Wildman–Crippen LogP) is 6.07. The summed E-state index contributed by atoms with van der Waals surface area (Å²) in [5.74, 6) is 2.06. The number of para-hydroxylation sites is 3. The van der Waals surface area contributed by atoms with Crippen LogP contribution >= 0.6 is 11.6 Å². The van der Waals surface area contributed by atoms with Gasteiger partial charge in [-0.15, -0.1) is 0 Å². The van der Waals surface area contributed by atoms with Crippen LogP contribution < -0.4 is 4.74 Å². The highest BCUT2D eigenvalue weighted by atomic mass is 35.5. The van der Waals surface area contributed by atoms with Crippen LogP contribution in [0.15, 0.2) is 83.4 Å². The Morgan fingerprint density at radius 3 is 2.57 bits per heavy atom. The average Bonchev–Trinajstić information content (AvgIpc) is 3.40. The predicted molar refractivity (Wildman–Crippen MR) is 118 cm³/mol. The van der Waals surface area contributed by atoms with Gasteiger partial charge in [0.1, 0.15) is 11.4 Å². The van der Waals surface area contributed by atoms with E-state index in [0.29, 0.717) is 23.0 Å². The zero-order chi connectivity index (χ0) is 20.5. The molecule has 0 saturated carbocycles. The summed E-state index contributed by atoms with van der Waals surface area (Å²) in [6.45, 7) is 0.637. The number of benzene rings is 3. The standard InChI is InChI=1S/C24H18ClN3O2/c1-29-22-9-5-2-6-18(22)20-14-23(30-27-20)24-26-19-7-3-4-8-21(19)28(24)15-16-10-12-17(25)13-11-16/h2-14H,15H2,1H3. The minimum Gasteiger partial charge on any atom is -0.496 e. The molecule has 0 amide bonds. The molecule has 0 radical (unpaired) electrons. The van der Waals surface area contributed by atoms with Crippen molar-refractivity contribution < 1.29 is 9.26 Å². The molecule has 0 spiro atoms. The summed E-state index contributed by atoms with van der Waals surface area (Å²) in [6, 6.07) is 25.5. The van der Waals surface area contributed by atoms with E-state index < -0.39 is 0 Å². The zero-order valence-corrected chi connectivity index (χ0v) is 17.0. The maximum atomic E-state index is 6.05.